The Hall–Kier alpha value is -2.95. The summed E-state index contributed by atoms with van der Waals surface area (Å²) in [5.41, 5.74) is 1.03. The first kappa shape index (κ1) is 17.9. The summed E-state index contributed by atoms with van der Waals surface area (Å²) in [5.74, 6) is -0.275. The normalized spacial score (nSPS) is 12.0. The standard InChI is InChI=1S/C21H23N3O2/c1-2-3-5-14-18(15-10-6-4-7-11-15)22-21(26)19-16-12-8-9-13-17(16)20(25)24-23-19/h4,6-13,18H,2-3,5,14H2,1H3,(H,22,26)(H,24,25). The molecule has 5 heteroatoms. The fraction of sp³-hybridized carbons (Fsp3) is 0.286. The van der Waals surface area contributed by atoms with E-state index in [4.69, 9.17) is 0 Å². The quantitative estimate of drug-likeness (QED) is 0.634. The molecule has 1 unspecified atom stereocenters. The van der Waals surface area contributed by atoms with E-state index < -0.39 is 0 Å². The highest BCUT2D eigenvalue weighted by atomic mass is 16.2. The molecule has 0 saturated heterocycles. The highest BCUT2D eigenvalue weighted by molar-refractivity contribution is 6.04. The predicted molar refractivity (Wildman–Crippen MR) is 103 cm³/mol. The number of H-pyrrole nitrogens is 1. The third kappa shape index (κ3) is 3.99. The zero-order chi connectivity index (χ0) is 18.4. The summed E-state index contributed by atoms with van der Waals surface area (Å²) in [6.07, 6.45) is 4.15. The number of benzene rings is 2. The number of carbonyl (C=O) groups is 1. The van der Waals surface area contributed by atoms with Crippen LogP contribution in [-0.2, 0) is 0 Å². The van der Waals surface area contributed by atoms with Crippen molar-refractivity contribution in [1.82, 2.24) is 15.5 Å². The van der Waals surface area contributed by atoms with Gasteiger partial charge in [0, 0.05) is 5.39 Å². The number of carbonyl (C=O) groups excluding carboxylic acids is 1. The van der Waals surface area contributed by atoms with Gasteiger partial charge in [-0.1, -0.05) is 74.7 Å². The van der Waals surface area contributed by atoms with Gasteiger partial charge >= 0.3 is 0 Å². The van der Waals surface area contributed by atoms with Crippen molar-refractivity contribution in [1.29, 1.82) is 0 Å². The molecule has 5 nitrogen and oxygen atoms in total. The van der Waals surface area contributed by atoms with Crippen molar-refractivity contribution in [2.45, 2.75) is 38.6 Å². The van der Waals surface area contributed by atoms with Gasteiger partial charge in [-0.15, -0.1) is 0 Å². The summed E-state index contributed by atoms with van der Waals surface area (Å²) >= 11 is 0. The zero-order valence-corrected chi connectivity index (χ0v) is 14.9. The van der Waals surface area contributed by atoms with Gasteiger partial charge in [0.2, 0.25) is 0 Å². The maximum atomic E-state index is 12.9. The highest BCUT2D eigenvalue weighted by Gasteiger charge is 2.19. The molecule has 0 aliphatic heterocycles. The molecule has 3 aromatic rings. The Morgan fingerprint density at radius 1 is 1.04 bits per heavy atom. The summed E-state index contributed by atoms with van der Waals surface area (Å²) in [6.45, 7) is 2.16. The van der Waals surface area contributed by atoms with Gasteiger partial charge in [-0.25, -0.2) is 5.10 Å². The lowest BCUT2D eigenvalue weighted by molar-refractivity contribution is 0.0930. The maximum Gasteiger partial charge on any atom is 0.272 e. The van der Waals surface area contributed by atoms with E-state index in [9.17, 15) is 9.59 Å². The van der Waals surface area contributed by atoms with Gasteiger partial charge in [-0.2, -0.15) is 5.10 Å². The molecule has 2 N–H and O–H groups in total. The number of hydrogen-bond acceptors (Lipinski definition) is 3. The number of aromatic amines is 1. The van der Waals surface area contributed by atoms with Gasteiger partial charge in [0.1, 0.15) is 0 Å². The van der Waals surface area contributed by atoms with Gasteiger partial charge in [-0.3, -0.25) is 9.59 Å². The Labute approximate surface area is 152 Å². The lowest BCUT2D eigenvalue weighted by Crippen LogP contribution is -2.30. The molecule has 26 heavy (non-hydrogen) atoms. The Kier molecular flexibility index (Phi) is 5.79. The van der Waals surface area contributed by atoms with E-state index in [1.807, 2.05) is 30.3 Å². The van der Waals surface area contributed by atoms with Crippen LogP contribution in [0.4, 0.5) is 0 Å². The zero-order valence-electron chi connectivity index (χ0n) is 14.9. The van der Waals surface area contributed by atoms with Crippen LogP contribution in [0.25, 0.3) is 10.8 Å². The molecule has 1 aromatic heterocycles. The smallest absolute Gasteiger partial charge is 0.272 e. The Bertz CT molecular complexity index is 935. The first-order valence-corrected chi connectivity index (χ1v) is 9.04. The van der Waals surface area contributed by atoms with Gasteiger partial charge in [0.25, 0.3) is 11.5 Å². The van der Waals surface area contributed by atoms with Crippen molar-refractivity contribution in [2.75, 3.05) is 0 Å². The monoisotopic (exact) mass is 349 g/mol. The van der Waals surface area contributed by atoms with Crippen molar-refractivity contribution < 1.29 is 4.79 Å². The van der Waals surface area contributed by atoms with Crippen LogP contribution in [0.1, 0.15) is 54.7 Å². The minimum atomic E-state index is -0.292. The van der Waals surface area contributed by atoms with Crippen LogP contribution in [0.15, 0.2) is 59.4 Å². The largest absolute Gasteiger partial charge is 0.344 e. The maximum absolute atomic E-state index is 12.9. The minimum Gasteiger partial charge on any atom is -0.344 e. The topological polar surface area (TPSA) is 74.8 Å². The summed E-state index contributed by atoms with van der Waals surface area (Å²) in [4.78, 5) is 24.8. The van der Waals surface area contributed by atoms with Crippen molar-refractivity contribution in [3.63, 3.8) is 0 Å². The molecule has 2 aromatic carbocycles. The van der Waals surface area contributed by atoms with E-state index >= 15 is 0 Å². The van der Waals surface area contributed by atoms with Crippen LogP contribution < -0.4 is 10.9 Å². The molecule has 134 valence electrons. The van der Waals surface area contributed by atoms with E-state index in [1.54, 1.807) is 24.3 Å². The van der Waals surface area contributed by atoms with Crippen LogP contribution in [0, 0.1) is 0 Å². The lowest BCUT2D eigenvalue weighted by atomic mass is 10.00. The molecule has 0 radical (unpaired) electrons. The molecule has 1 heterocycles. The van der Waals surface area contributed by atoms with E-state index in [1.165, 1.54) is 0 Å². The van der Waals surface area contributed by atoms with Crippen LogP contribution in [0.2, 0.25) is 0 Å². The Morgan fingerprint density at radius 3 is 2.46 bits per heavy atom. The van der Waals surface area contributed by atoms with Crippen molar-refractivity contribution in [3.05, 3.63) is 76.2 Å². The average molecular weight is 349 g/mol. The first-order chi connectivity index (χ1) is 12.7. The minimum absolute atomic E-state index is 0.0808. The SMILES string of the molecule is CCCCCC(NC(=O)c1n[nH]c(=O)c2ccccc12)c1ccccc1. The summed E-state index contributed by atoms with van der Waals surface area (Å²) in [5, 5.41) is 10.6. The molecule has 1 amide bonds. The number of aromatic nitrogens is 2. The average Bonchev–Trinajstić information content (AvgIpc) is 2.68. The number of hydrogen-bond donors (Lipinski definition) is 2. The van der Waals surface area contributed by atoms with Gasteiger partial charge in [-0.05, 0) is 18.1 Å². The van der Waals surface area contributed by atoms with Crippen LogP contribution in [-0.4, -0.2) is 16.1 Å². The fourth-order valence-electron chi connectivity index (χ4n) is 3.12. The number of nitrogens with one attached hydrogen (secondary N) is 2. The van der Waals surface area contributed by atoms with Crippen molar-refractivity contribution in [2.24, 2.45) is 0 Å². The number of rotatable bonds is 7. The van der Waals surface area contributed by atoms with E-state index in [-0.39, 0.29) is 23.2 Å². The molecule has 0 bridgehead atoms. The Balaban J connectivity index is 1.88. The van der Waals surface area contributed by atoms with Crippen molar-refractivity contribution >= 4 is 16.7 Å². The molecule has 0 fully saturated rings. The van der Waals surface area contributed by atoms with Crippen LogP contribution >= 0.6 is 0 Å². The summed E-state index contributed by atoms with van der Waals surface area (Å²) in [6, 6.07) is 16.9. The first-order valence-electron chi connectivity index (χ1n) is 9.04. The number of nitrogens with zero attached hydrogens (tertiary/aromatic N) is 1. The van der Waals surface area contributed by atoms with E-state index in [0.29, 0.717) is 10.8 Å². The Morgan fingerprint density at radius 2 is 1.73 bits per heavy atom. The molecular formula is C21H23N3O2. The summed E-state index contributed by atoms with van der Waals surface area (Å²) in [7, 11) is 0. The molecule has 0 aliphatic carbocycles. The number of fused-ring (bicyclic) bond motifs is 1. The second-order valence-corrected chi connectivity index (χ2v) is 6.38. The molecule has 0 saturated carbocycles. The molecule has 0 spiro atoms. The highest BCUT2D eigenvalue weighted by Crippen LogP contribution is 2.21. The van der Waals surface area contributed by atoms with Crippen LogP contribution in [0.3, 0.4) is 0 Å². The number of unbranched alkanes of at least 4 members (excludes halogenated alkanes) is 2. The molecule has 0 aliphatic rings. The number of amides is 1. The molecule has 3 rings (SSSR count). The molecule has 1 atom stereocenters. The van der Waals surface area contributed by atoms with Gasteiger partial charge in [0.05, 0.1) is 11.4 Å². The lowest BCUT2D eigenvalue weighted by Gasteiger charge is -2.19. The van der Waals surface area contributed by atoms with Crippen molar-refractivity contribution in [3.8, 4) is 0 Å². The summed E-state index contributed by atoms with van der Waals surface area (Å²) < 4.78 is 0. The third-order valence-electron chi connectivity index (χ3n) is 4.51. The van der Waals surface area contributed by atoms with E-state index in [2.05, 4.69) is 22.4 Å². The second-order valence-electron chi connectivity index (χ2n) is 6.38. The van der Waals surface area contributed by atoms with E-state index in [0.717, 1.165) is 31.2 Å². The van der Waals surface area contributed by atoms with Gasteiger partial charge < -0.3 is 5.32 Å². The van der Waals surface area contributed by atoms with Crippen LogP contribution in [0.5, 0.6) is 0 Å². The predicted octanol–water partition coefficient (Wildman–Crippen LogP) is 3.97. The fourth-order valence-corrected chi connectivity index (χ4v) is 3.12. The molecular weight excluding hydrogens is 326 g/mol. The third-order valence-corrected chi connectivity index (χ3v) is 4.51. The van der Waals surface area contributed by atoms with Gasteiger partial charge in [0.15, 0.2) is 5.69 Å². The second kappa shape index (κ2) is 8.43.